The number of likely N-dealkylation sites (tertiary alicyclic amines) is 1. The summed E-state index contributed by atoms with van der Waals surface area (Å²) in [4.78, 5) is 12.9. The number of methoxy groups -OCH3 is 1. The van der Waals surface area contributed by atoms with Crippen molar-refractivity contribution in [1.82, 2.24) is 9.88 Å². The van der Waals surface area contributed by atoms with Crippen LogP contribution < -0.4 is 9.64 Å². The van der Waals surface area contributed by atoms with Gasteiger partial charge in [-0.1, -0.05) is 12.7 Å². The second-order valence-corrected chi connectivity index (χ2v) is 7.34. The maximum atomic E-state index is 13.1. The lowest BCUT2D eigenvalue weighted by Crippen LogP contribution is -2.42. The fourth-order valence-electron chi connectivity index (χ4n) is 3.91. The van der Waals surface area contributed by atoms with Crippen molar-refractivity contribution in [1.29, 1.82) is 0 Å². The van der Waals surface area contributed by atoms with Crippen LogP contribution in [0.3, 0.4) is 0 Å². The number of piperidine rings is 1. The van der Waals surface area contributed by atoms with E-state index in [1.165, 1.54) is 12.1 Å². The Kier molecular flexibility index (Phi) is 7.56. The molecule has 1 aromatic heterocycles. The minimum Gasteiger partial charge on any atom is -0.494 e. The highest BCUT2D eigenvalue weighted by Gasteiger charge is 2.32. The van der Waals surface area contributed by atoms with Crippen molar-refractivity contribution in [2.45, 2.75) is 32.0 Å². The van der Waals surface area contributed by atoms with Crippen LogP contribution in [-0.4, -0.2) is 42.3 Å². The number of aromatic nitrogens is 1. The Hall–Kier alpha value is -3.29. The molecule has 0 bridgehead atoms. The maximum Gasteiger partial charge on any atom is 0.416 e. The predicted octanol–water partition coefficient (Wildman–Crippen LogP) is 5.83. The summed E-state index contributed by atoms with van der Waals surface area (Å²) in [5, 5.41) is 0. The molecule has 0 aliphatic carbocycles. The summed E-state index contributed by atoms with van der Waals surface area (Å²) in [6.45, 7) is 7.13. The first-order valence-corrected chi connectivity index (χ1v) is 10.4. The number of halogens is 3. The zero-order valence-electron chi connectivity index (χ0n) is 18.2. The van der Waals surface area contributed by atoms with Gasteiger partial charge >= 0.3 is 6.18 Å². The molecule has 1 aromatic carbocycles. The highest BCUT2D eigenvalue weighted by molar-refractivity contribution is 5.71. The van der Waals surface area contributed by atoms with Gasteiger partial charge in [-0.2, -0.15) is 13.2 Å². The van der Waals surface area contributed by atoms with Gasteiger partial charge in [-0.05, 0) is 50.1 Å². The van der Waals surface area contributed by atoms with Crippen molar-refractivity contribution in [3.8, 4) is 5.75 Å². The molecule has 5 nitrogen and oxygen atoms in total. The number of rotatable bonds is 7. The molecule has 0 unspecified atom stereocenters. The monoisotopic (exact) mass is 444 g/mol. The van der Waals surface area contributed by atoms with Crippen LogP contribution in [0.15, 0.2) is 72.3 Å². The predicted molar refractivity (Wildman–Crippen MR) is 121 cm³/mol. The summed E-state index contributed by atoms with van der Waals surface area (Å²) in [5.74, 6) is 1.50. The van der Waals surface area contributed by atoms with Crippen molar-refractivity contribution >= 4 is 17.6 Å². The van der Waals surface area contributed by atoms with E-state index in [0.29, 0.717) is 11.4 Å². The van der Waals surface area contributed by atoms with Crippen LogP contribution in [0.4, 0.5) is 24.5 Å². The Labute approximate surface area is 186 Å². The molecule has 1 fully saturated rings. The number of alkyl halides is 3. The summed E-state index contributed by atoms with van der Waals surface area (Å²) in [6, 6.07) is 7.05. The van der Waals surface area contributed by atoms with E-state index in [1.807, 2.05) is 17.9 Å². The molecule has 2 aromatic rings. The highest BCUT2D eigenvalue weighted by Crippen LogP contribution is 2.39. The molecule has 170 valence electrons. The highest BCUT2D eigenvalue weighted by atomic mass is 19.4. The molecule has 0 radical (unpaired) electrons. The van der Waals surface area contributed by atoms with E-state index in [-0.39, 0.29) is 6.04 Å². The third kappa shape index (κ3) is 5.30. The lowest BCUT2D eigenvalue weighted by atomic mass is 10.0. The second kappa shape index (κ2) is 10.3. The van der Waals surface area contributed by atoms with Crippen molar-refractivity contribution in [3.63, 3.8) is 0 Å². The van der Waals surface area contributed by atoms with Gasteiger partial charge in [-0.25, -0.2) is 4.99 Å². The Balaban J connectivity index is 1.91. The van der Waals surface area contributed by atoms with Crippen LogP contribution in [0.5, 0.6) is 5.75 Å². The first-order chi connectivity index (χ1) is 15.4. The average molecular weight is 445 g/mol. The van der Waals surface area contributed by atoms with Crippen LogP contribution in [0.2, 0.25) is 0 Å². The topological polar surface area (TPSA) is 41.0 Å². The van der Waals surface area contributed by atoms with Gasteiger partial charge in [0.05, 0.1) is 18.9 Å². The van der Waals surface area contributed by atoms with Gasteiger partial charge in [0, 0.05) is 43.3 Å². The number of hydrogen-bond acceptors (Lipinski definition) is 5. The quantitative estimate of drug-likeness (QED) is 0.504. The third-order valence-electron chi connectivity index (χ3n) is 5.44. The zero-order chi connectivity index (χ0) is 23.1. The summed E-state index contributed by atoms with van der Waals surface area (Å²) in [6.07, 6.45) is 5.78. The summed E-state index contributed by atoms with van der Waals surface area (Å²) < 4.78 is 44.8. The van der Waals surface area contributed by atoms with E-state index in [2.05, 4.69) is 21.5 Å². The largest absolute Gasteiger partial charge is 0.494 e. The number of allylic oxidation sites excluding steroid dienone is 2. The van der Waals surface area contributed by atoms with Crippen LogP contribution in [0.1, 0.15) is 25.3 Å². The van der Waals surface area contributed by atoms with E-state index in [9.17, 15) is 13.2 Å². The van der Waals surface area contributed by atoms with Gasteiger partial charge < -0.3 is 14.5 Å². The number of ether oxygens (including phenoxy) is 1. The van der Waals surface area contributed by atoms with Gasteiger partial charge in [0.2, 0.25) is 0 Å². The summed E-state index contributed by atoms with van der Waals surface area (Å²) >= 11 is 0. The number of hydrogen-bond donors (Lipinski definition) is 0. The number of pyridine rings is 1. The molecular weight excluding hydrogens is 417 g/mol. The molecule has 1 aliphatic heterocycles. The zero-order valence-corrected chi connectivity index (χ0v) is 18.2. The number of aliphatic imine (C=N–C) groups is 1. The lowest BCUT2D eigenvalue weighted by Gasteiger charge is -2.40. The average Bonchev–Trinajstić information content (AvgIpc) is 2.81. The van der Waals surface area contributed by atoms with Gasteiger partial charge in [0.25, 0.3) is 0 Å². The van der Waals surface area contributed by atoms with Crippen molar-refractivity contribution in [2.24, 2.45) is 4.99 Å². The molecular formula is C24H27F3N4O. The molecule has 8 heteroatoms. The smallest absolute Gasteiger partial charge is 0.416 e. The molecule has 0 atom stereocenters. The van der Waals surface area contributed by atoms with E-state index in [0.717, 1.165) is 49.6 Å². The minimum atomic E-state index is -4.38. The lowest BCUT2D eigenvalue weighted by molar-refractivity contribution is -0.137. The maximum absolute atomic E-state index is 13.1. The van der Waals surface area contributed by atoms with Gasteiger partial charge in [0.1, 0.15) is 17.3 Å². The minimum absolute atomic E-state index is 0.0579. The van der Waals surface area contributed by atoms with Crippen LogP contribution in [0.25, 0.3) is 0 Å². The normalized spacial score (nSPS) is 15.8. The molecule has 0 amide bonds. The summed E-state index contributed by atoms with van der Waals surface area (Å²) in [5.41, 5.74) is 0.717. The van der Waals surface area contributed by atoms with Gasteiger partial charge in [0.15, 0.2) is 0 Å². The number of benzene rings is 1. The molecule has 1 aliphatic rings. The molecule has 1 saturated heterocycles. The Morgan fingerprint density at radius 2 is 1.91 bits per heavy atom. The van der Waals surface area contributed by atoms with Crippen LogP contribution in [-0.2, 0) is 6.18 Å². The molecule has 2 heterocycles. The Morgan fingerprint density at radius 1 is 1.22 bits per heavy atom. The van der Waals surface area contributed by atoms with Crippen molar-refractivity contribution in [2.75, 3.05) is 25.1 Å². The number of nitrogens with zero attached hydrogens (tertiary/aromatic N) is 4. The number of anilines is 2. The fraction of sp³-hybridized carbons (Fsp3) is 0.333. The standard InChI is InChI=1S/C24H27F3N4O/c1-4-13-29-23(5-2)30-15-11-20(12-16-30)31(21-17-28-14-10-22(21)32-3)19-8-6-18(7-9-19)24(25,26)27/h4-10,13-14,17,20H,1,11-12,15-16H2,2-3H3/b23-5+,29-13-. The molecule has 0 N–H and O–H groups in total. The molecule has 0 saturated carbocycles. The first-order valence-electron chi connectivity index (χ1n) is 10.4. The first kappa shape index (κ1) is 23.4. The Bertz CT molecular complexity index is 962. The SMILES string of the molecule is C=C/C=N\C(=C/C)N1CCC(N(c2ccc(C(F)(F)F)cc2)c2cnccc2OC)CC1. The molecule has 3 rings (SSSR count). The fourth-order valence-corrected chi connectivity index (χ4v) is 3.91. The van der Waals surface area contributed by atoms with Gasteiger partial charge in [-0.3, -0.25) is 4.98 Å². The van der Waals surface area contributed by atoms with Crippen molar-refractivity contribution < 1.29 is 17.9 Å². The van der Waals surface area contributed by atoms with Crippen LogP contribution in [0, 0.1) is 0 Å². The molecule has 0 spiro atoms. The molecule has 32 heavy (non-hydrogen) atoms. The Morgan fingerprint density at radius 3 is 2.47 bits per heavy atom. The van der Waals surface area contributed by atoms with E-state index in [4.69, 9.17) is 4.74 Å². The van der Waals surface area contributed by atoms with Gasteiger partial charge in [-0.15, -0.1) is 0 Å². The van der Waals surface area contributed by atoms with Crippen molar-refractivity contribution in [3.05, 3.63) is 72.8 Å². The summed E-state index contributed by atoms with van der Waals surface area (Å²) in [7, 11) is 1.57. The second-order valence-electron chi connectivity index (χ2n) is 7.34. The van der Waals surface area contributed by atoms with E-state index < -0.39 is 11.7 Å². The van der Waals surface area contributed by atoms with Crippen LogP contribution >= 0.6 is 0 Å². The third-order valence-corrected chi connectivity index (χ3v) is 5.44. The van der Waals surface area contributed by atoms with E-state index in [1.54, 1.807) is 37.9 Å². The van der Waals surface area contributed by atoms with E-state index >= 15 is 0 Å².